The number of carbonyl (C=O) groups is 1. The summed E-state index contributed by atoms with van der Waals surface area (Å²) in [5.41, 5.74) is 3.14. The highest BCUT2D eigenvalue weighted by Crippen LogP contribution is 2.31. The molecule has 1 fully saturated rings. The van der Waals surface area contributed by atoms with Gasteiger partial charge in [-0.25, -0.2) is 0 Å². The van der Waals surface area contributed by atoms with E-state index in [1.807, 2.05) is 12.1 Å². The van der Waals surface area contributed by atoms with Crippen molar-refractivity contribution >= 4 is 11.8 Å². The third-order valence-electron chi connectivity index (χ3n) is 4.97. The summed E-state index contributed by atoms with van der Waals surface area (Å²) in [6.07, 6.45) is 4.22. The van der Waals surface area contributed by atoms with Crippen molar-refractivity contribution < 1.29 is 9.53 Å². The first kappa shape index (κ1) is 17.4. The van der Waals surface area contributed by atoms with Gasteiger partial charge in [-0.3, -0.25) is 4.79 Å². The molecule has 1 aromatic heterocycles. The molecule has 0 bridgehead atoms. The fraction of sp³-hybridized carbons (Fsp3) is 0.450. The summed E-state index contributed by atoms with van der Waals surface area (Å²) >= 11 is 0. The molecule has 1 aliphatic rings. The molecular formula is C20H25N3O2. The molecule has 132 valence electrons. The lowest BCUT2D eigenvalue weighted by molar-refractivity contribution is -0.148. The van der Waals surface area contributed by atoms with Crippen molar-refractivity contribution in [3.8, 4) is 11.3 Å². The summed E-state index contributed by atoms with van der Waals surface area (Å²) < 4.78 is 4.95. The van der Waals surface area contributed by atoms with Crippen molar-refractivity contribution in [2.45, 2.75) is 32.6 Å². The molecule has 1 aromatic carbocycles. The Morgan fingerprint density at radius 2 is 1.88 bits per heavy atom. The normalized spacial score (nSPS) is 20.1. The zero-order chi connectivity index (χ0) is 17.6. The molecule has 25 heavy (non-hydrogen) atoms. The van der Waals surface area contributed by atoms with Crippen molar-refractivity contribution in [3.63, 3.8) is 0 Å². The quantitative estimate of drug-likeness (QED) is 0.839. The Morgan fingerprint density at radius 1 is 1.12 bits per heavy atom. The molecule has 0 radical (unpaired) electrons. The van der Waals surface area contributed by atoms with Gasteiger partial charge in [0.15, 0.2) is 0 Å². The van der Waals surface area contributed by atoms with E-state index < -0.39 is 0 Å². The second kappa shape index (κ2) is 8.10. The van der Waals surface area contributed by atoms with Crippen LogP contribution in [0.4, 0.5) is 5.82 Å². The fourth-order valence-corrected chi connectivity index (χ4v) is 3.45. The molecule has 1 aliphatic carbocycles. The molecule has 2 atom stereocenters. The van der Waals surface area contributed by atoms with Gasteiger partial charge >= 0.3 is 5.97 Å². The largest absolute Gasteiger partial charge is 0.469 e. The molecule has 2 unspecified atom stereocenters. The summed E-state index contributed by atoms with van der Waals surface area (Å²) in [5, 5.41) is 11.9. The number of methoxy groups -OCH3 is 1. The standard InChI is InChI=1S/C20H25N3O2/c1-14-7-9-15(10-8-14)18-11-12-19(23-22-18)21-13-16-5-3-4-6-17(16)20(24)25-2/h7-12,16-17H,3-6,13H2,1-2H3,(H,21,23). The Morgan fingerprint density at radius 3 is 2.56 bits per heavy atom. The van der Waals surface area contributed by atoms with Gasteiger partial charge < -0.3 is 10.1 Å². The number of esters is 1. The second-order valence-electron chi connectivity index (χ2n) is 6.72. The fourth-order valence-electron chi connectivity index (χ4n) is 3.45. The Bertz CT molecular complexity index is 698. The number of aromatic nitrogens is 2. The zero-order valence-electron chi connectivity index (χ0n) is 14.9. The number of benzene rings is 1. The number of carbonyl (C=O) groups excluding carboxylic acids is 1. The number of anilines is 1. The van der Waals surface area contributed by atoms with Gasteiger partial charge in [0.25, 0.3) is 0 Å². The first-order chi connectivity index (χ1) is 12.2. The Labute approximate surface area is 148 Å². The minimum Gasteiger partial charge on any atom is -0.469 e. The van der Waals surface area contributed by atoms with E-state index >= 15 is 0 Å². The van der Waals surface area contributed by atoms with Crippen LogP contribution in [-0.4, -0.2) is 29.8 Å². The molecule has 0 amide bonds. The number of hydrogen-bond donors (Lipinski definition) is 1. The van der Waals surface area contributed by atoms with Crippen molar-refractivity contribution in [2.24, 2.45) is 11.8 Å². The average molecular weight is 339 g/mol. The lowest BCUT2D eigenvalue weighted by Crippen LogP contribution is -2.32. The Kier molecular flexibility index (Phi) is 5.64. The van der Waals surface area contributed by atoms with Gasteiger partial charge in [0, 0.05) is 12.1 Å². The third kappa shape index (κ3) is 4.35. The Balaban J connectivity index is 1.61. The molecule has 5 nitrogen and oxygen atoms in total. The summed E-state index contributed by atoms with van der Waals surface area (Å²) in [7, 11) is 1.47. The number of aryl methyl sites for hydroxylation is 1. The first-order valence-corrected chi connectivity index (χ1v) is 8.90. The predicted octanol–water partition coefficient (Wildman–Crippen LogP) is 3.84. The van der Waals surface area contributed by atoms with Crippen LogP contribution in [0.25, 0.3) is 11.3 Å². The predicted molar refractivity (Wildman–Crippen MR) is 98.2 cm³/mol. The van der Waals surface area contributed by atoms with E-state index in [9.17, 15) is 4.79 Å². The summed E-state index contributed by atoms with van der Waals surface area (Å²) in [6.45, 7) is 2.79. The molecule has 3 rings (SSSR count). The lowest BCUT2D eigenvalue weighted by Gasteiger charge is -2.29. The van der Waals surface area contributed by atoms with E-state index in [-0.39, 0.29) is 11.9 Å². The van der Waals surface area contributed by atoms with E-state index in [1.54, 1.807) is 0 Å². The maximum Gasteiger partial charge on any atom is 0.309 e. The molecule has 2 aromatic rings. The highest BCUT2D eigenvalue weighted by atomic mass is 16.5. The maximum absolute atomic E-state index is 11.9. The van der Waals surface area contributed by atoms with Crippen LogP contribution in [0.1, 0.15) is 31.2 Å². The van der Waals surface area contributed by atoms with Crippen LogP contribution in [-0.2, 0) is 9.53 Å². The van der Waals surface area contributed by atoms with E-state index in [2.05, 4.69) is 46.7 Å². The van der Waals surface area contributed by atoms with Gasteiger partial charge in [0.2, 0.25) is 0 Å². The number of rotatable bonds is 5. The van der Waals surface area contributed by atoms with Gasteiger partial charge in [-0.05, 0) is 37.8 Å². The second-order valence-corrected chi connectivity index (χ2v) is 6.72. The summed E-state index contributed by atoms with van der Waals surface area (Å²) in [4.78, 5) is 11.9. The number of hydrogen-bond acceptors (Lipinski definition) is 5. The smallest absolute Gasteiger partial charge is 0.309 e. The minimum atomic E-state index is -0.0905. The van der Waals surface area contributed by atoms with Gasteiger partial charge in [-0.2, -0.15) is 0 Å². The van der Waals surface area contributed by atoms with Crippen LogP contribution < -0.4 is 5.32 Å². The number of nitrogens with one attached hydrogen (secondary N) is 1. The van der Waals surface area contributed by atoms with E-state index in [4.69, 9.17) is 4.74 Å². The van der Waals surface area contributed by atoms with Crippen molar-refractivity contribution in [2.75, 3.05) is 19.0 Å². The molecule has 5 heteroatoms. The van der Waals surface area contributed by atoms with E-state index in [1.165, 1.54) is 12.7 Å². The molecule has 0 spiro atoms. The maximum atomic E-state index is 11.9. The molecule has 1 saturated carbocycles. The van der Waals surface area contributed by atoms with E-state index in [0.29, 0.717) is 5.92 Å². The summed E-state index contributed by atoms with van der Waals surface area (Å²) in [5.74, 6) is 0.933. The topological polar surface area (TPSA) is 64.1 Å². The zero-order valence-corrected chi connectivity index (χ0v) is 14.9. The third-order valence-corrected chi connectivity index (χ3v) is 4.97. The molecule has 1 heterocycles. The van der Waals surface area contributed by atoms with Crippen LogP contribution in [0.3, 0.4) is 0 Å². The molecule has 1 N–H and O–H groups in total. The molecular weight excluding hydrogens is 314 g/mol. The van der Waals surface area contributed by atoms with Crippen LogP contribution in [0.2, 0.25) is 0 Å². The number of ether oxygens (including phenoxy) is 1. The monoisotopic (exact) mass is 339 g/mol. The van der Waals surface area contributed by atoms with E-state index in [0.717, 1.165) is 49.3 Å². The Hall–Kier alpha value is -2.43. The SMILES string of the molecule is COC(=O)C1CCCCC1CNc1ccc(-c2ccc(C)cc2)nn1. The minimum absolute atomic E-state index is 0.00830. The number of nitrogens with zero attached hydrogens (tertiary/aromatic N) is 2. The van der Waals surface area contributed by atoms with Crippen LogP contribution in [0.15, 0.2) is 36.4 Å². The van der Waals surface area contributed by atoms with Crippen LogP contribution >= 0.6 is 0 Å². The lowest BCUT2D eigenvalue weighted by atomic mass is 9.79. The highest BCUT2D eigenvalue weighted by molar-refractivity contribution is 5.72. The van der Waals surface area contributed by atoms with Crippen LogP contribution in [0, 0.1) is 18.8 Å². The first-order valence-electron chi connectivity index (χ1n) is 8.90. The highest BCUT2D eigenvalue weighted by Gasteiger charge is 2.31. The van der Waals surface area contributed by atoms with Gasteiger partial charge in [0.05, 0.1) is 18.7 Å². The molecule has 0 saturated heterocycles. The van der Waals surface area contributed by atoms with Crippen molar-refractivity contribution in [3.05, 3.63) is 42.0 Å². The summed E-state index contributed by atoms with van der Waals surface area (Å²) in [6, 6.07) is 12.2. The average Bonchev–Trinajstić information content (AvgIpc) is 2.67. The molecule has 0 aliphatic heterocycles. The van der Waals surface area contributed by atoms with Gasteiger partial charge in [0.1, 0.15) is 5.82 Å². The van der Waals surface area contributed by atoms with Crippen molar-refractivity contribution in [1.82, 2.24) is 10.2 Å². The van der Waals surface area contributed by atoms with Gasteiger partial charge in [-0.15, -0.1) is 10.2 Å². The van der Waals surface area contributed by atoms with Crippen molar-refractivity contribution in [1.29, 1.82) is 0 Å². The van der Waals surface area contributed by atoms with Crippen LogP contribution in [0.5, 0.6) is 0 Å². The van der Waals surface area contributed by atoms with Gasteiger partial charge in [-0.1, -0.05) is 42.7 Å².